The molecular weight excluding hydrogens is 465 g/mol. The minimum Gasteiger partial charge on any atom is -0.466 e. The summed E-state index contributed by atoms with van der Waals surface area (Å²) in [5, 5.41) is 19.1. The first kappa shape index (κ1) is 20.7. The SMILES string of the molecule is CN=C(NCc1cn2ccsc2n1)NCC(C)(O)c1cc(C)oc1C.I. The van der Waals surface area contributed by atoms with Gasteiger partial charge in [-0.3, -0.25) is 9.39 Å². The summed E-state index contributed by atoms with van der Waals surface area (Å²) >= 11 is 1.60. The second-order valence-electron chi connectivity index (χ2n) is 6.21. The highest BCUT2D eigenvalue weighted by atomic mass is 127. The lowest BCUT2D eigenvalue weighted by molar-refractivity contribution is 0.0602. The van der Waals surface area contributed by atoms with E-state index in [1.54, 1.807) is 25.3 Å². The summed E-state index contributed by atoms with van der Waals surface area (Å²) in [7, 11) is 1.70. The Morgan fingerprint density at radius 2 is 2.19 bits per heavy atom. The molecule has 0 aliphatic heterocycles. The summed E-state index contributed by atoms with van der Waals surface area (Å²) < 4.78 is 7.51. The van der Waals surface area contributed by atoms with Crippen LogP contribution in [0, 0.1) is 13.8 Å². The number of thiazole rings is 1. The average Bonchev–Trinajstić information content (AvgIpc) is 3.22. The zero-order valence-corrected chi connectivity index (χ0v) is 18.4. The fourth-order valence-electron chi connectivity index (χ4n) is 2.77. The van der Waals surface area contributed by atoms with Gasteiger partial charge in [0.1, 0.15) is 17.1 Å². The first-order valence-corrected chi connectivity index (χ1v) is 8.92. The van der Waals surface area contributed by atoms with E-state index in [0.717, 1.165) is 27.7 Å². The number of hydrogen-bond donors (Lipinski definition) is 3. The van der Waals surface area contributed by atoms with Gasteiger partial charge < -0.3 is 20.2 Å². The van der Waals surface area contributed by atoms with Crippen LogP contribution in [0.5, 0.6) is 0 Å². The Kier molecular flexibility index (Phi) is 6.69. The molecule has 9 heteroatoms. The van der Waals surface area contributed by atoms with Crippen LogP contribution in [0.2, 0.25) is 0 Å². The number of aliphatic imine (C=N–C) groups is 1. The lowest BCUT2D eigenvalue weighted by Gasteiger charge is -2.24. The number of hydrogen-bond acceptors (Lipinski definition) is 5. The van der Waals surface area contributed by atoms with Crippen molar-refractivity contribution in [2.45, 2.75) is 32.9 Å². The molecule has 0 bridgehead atoms. The molecule has 0 saturated carbocycles. The smallest absolute Gasteiger partial charge is 0.193 e. The summed E-state index contributed by atoms with van der Waals surface area (Å²) in [6.45, 7) is 6.35. The minimum atomic E-state index is -1.06. The monoisotopic (exact) mass is 489 g/mol. The van der Waals surface area contributed by atoms with E-state index >= 15 is 0 Å². The fraction of sp³-hybridized carbons (Fsp3) is 0.412. The van der Waals surface area contributed by atoms with Crippen molar-refractivity contribution in [2.24, 2.45) is 4.99 Å². The van der Waals surface area contributed by atoms with Crippen LogP contribution in [0.15, 0.2) is 33.2 Å². The Morgan fingerprint density at radius 1 is 1.42 bits per heavy atom. The first-order valence-electron chi connectivity index (χ1n) is 8.04. The van der Waals surface area contributed by atoms with Crippen LogP contribution >= 0.6 is 35.3 Å². The molecule has 0 aliphatic carbocycles. The molecule has 7 nitrogen and oxygen atoms in total. The van der Waals surface area contributed by atoms with E-state index in [-0.39, 0.29) is 24.0 Å². The molecule has 3 rings (SSSR count). The van der Waals surface area contributed by atoms with Crippen LogP contribution in [0.25, 0.3) is 4.96 Å². The number of aromatic nitrogens is 2. The lowest BCUT2D eigenvalue weighted by atomic mass is 9.96. The molecule has 3 aromatic heterocycles. The van der Waals surface area contributed by atoms with Crippen molar-refractivity contribution in [3.8, 4) is 0 Å². The summed E-state index contributed by atoms with van der Waals surface area (Å²) in [4.78, 5) is 9.69. The fourth-order valence-corrected chi connectivity index (χ4v) is 3.49. The first-order chi connectivity index (χ1) is 11.9. The molecule has 0 fully saturated rings. The summed E-state index contributed by atoms with van der Waals surface area (Å²) in [6.07, 6.45) is 3.97. The third-order valence-electron chi connectivity index (χ3n) is 4.02. The molecule has 0 saturated heterocycles. The van der Waals surface area contributed by atoms with Crippen LogP contribution < -0.4 is 10.6 Å². The highest BCUT2D eigenvalue weighted by Gasteiger charge is 2.27. The van der Waals surface area contributed by atoms with Gasteiger partial charge in [0.25, 0.3) is 0 Å². The second-order valence-corrected chi connectivity index (χ2v) is 7.08. The van der Waals surface area contributed by atoms with Crippen molar-refractivity contribution < 1.29 is 9.52 Å². The van der Waals surface area contributed by atoms with Crippen molar-refractivity contribution in [1.82, 2.24) is 20.0 Å². The molecule has 0 amide bonds. The standard InChI is InChI=1S/C17H23N5O2S.HI/c1-11-7-14(12(2)24-11)17(3,23)10-20-15(18-4)19-8-13-9-22-5-6-25-16(22)21-13;/h5-7,9,23H,8,10H2,1-4H3,(H2,18,19,20);1H. The van der Waals surface area contributed by atoms with Crippen LogP contribution in [-0.2, 0) is 12.1 Å². The van der Waals surface area contributed by atoms with Crippen molar-refractivity contribution in [2.75, 3.05) is 13.6 Å². The van der Waals surface area contributed by atoms with E-state index in [4.69, 9.17) is 4.42 Å². The maximum Gasteiger partial charge on any atom is 0.193 e. The summed E-state index contributed by atoms with van der Waals surface area (Å²) in [5.41, 5.74) is 0.654. The van der Waals surface area contributed by atoms with Crippen molar-refractivity contribution >= 4 is 46.2 Å². The lowest BCUT2D eigenvalue weighted by Crippen LogP contribution is -2.44. The molecule has 1 atom stereocenters. The Morgan fingerprint density at radius 3 is 2.81 bits per heavy atom. The van der Waals surface area contributed by atoms with Crippen LogP contribution in [0.1, 0.15) is 29.7 Å². The zero-order valence-electron chi connectivity index (χ0n) is 15.2. The van der Waals surface area contributed by atoms with Crippen molar-refractivity contribution in [1.29, 1.82) is 0 Å². The number of imidazole rings is 1. The van der Waals surface area contributed by atoms with Gasteiger partial charge in [-0.25, -0.2) is 4.98 Å². The zero-order chi connectivity index (χ0) is 18.0. The number of aryl methyl sites for hydroxylation is 2. The van der Waals surface area contributed by atoms with Gasteiger partial charge in [-0.1, -0.05) is 0 Å². The highest BCUT2D eigenvalue weighted by molar-refractivity contribution is 14.0. The second kappa shape index (κ2) is 8.40. The molecule has 1 unspecified atom stereocenters. The number of guanidine groups is 1. The van der Waals surface area contributed by atoms with Crippen molar-refractivity contribution in [3.63, 3.8) is 0 Å². The number of nitrogens with zero attached hydrogens (tertiary/aromatic N) is 3. The van der Waals surface area contributed by atoms with Gasteiger partial charge >= 0.3 is 0 Å². The number of nitrogens with one attached hydrogen (secondary N) is 2. The number of aliphatic hydroxyl groups is 1. The summed E-state index contributed by atoms with van der Waals surface area (Å²) in [5.74, 6) is 2.12. The van der Waals surface area contributed by atoms with Crippen molar-refractivity contribution in [3.05, 3.63) is 46.6 Å². The third-order valence-corrected chi connectivity index (χ3v) is 4.80. The molecule has 3 heterocycles. The summed E-state index contributed by atoms with van der Waals surface area (Å²) in [6, 6.07) is 1.87. The number of fused-ring (bicyclic) bond motifs is 1. The van der Waals surface area contributed by atoms with E-state index in [0.29, 0.717) is 19.0 Å². The van der Waals surface area contributed by atoms with E-state index < -0.39 is 5.60 Å². The predicted octanol–water partition coefficient (Wildman–Crippen LogP) is 2.80. The van der Waals surface area contributed by atoms with Gasteiger partial charge in [0.05, 0.1) is 18.8 Å². The number of rotatable bonds is 5. The van der Waals surface area contributed by atoms with Crippen LogP contribution in [0.3, 0.4) is 0 Å². The van der Waals surface area contributed by atoms with Crippen LogP contribution in [0.4, 0.5) is 0 Å². The Balaban J connectivity index is 0.00000243. The molecule has 142 valence electrons. The maximum atomic E-state index is 10.8. The predicted molar refractivity (Wildman–Crippen MR) is 114 cm³/mol. The quantitative estimate of drug-likeness (QED) is 0.292. The van der Waals surface area contributed by atoms with E-state index in [1.165, 1.54) is 0 Å². The van der Waals surface area contributed by atoms with E-state index in [1.807, 2.05) is 42.1 Å². The molecule has 26 heavy (non-hydrogen) atoms. The van der Waals surface area contributed by atoms with Gasteiger partial charge in [0, 0.05) is 30.4 Å². The average molecular weight is 489 g/mol. The molecule has 0 aliphatic rings. The highest BCUT2D eigenvalue weighted by Crippen LogP contribution is 2.26. The largest absolute Gasteiger partial charge is 0.466 e. The molecule has 0 radical (unpaired) electrons. The van der Waals surface area contributed by atoms with Gasteiger partial charge in [-0.15, -0.1) is 35.3 Å². The van der Waals surface area contributed by atoms with Crippen LogP contribution in [-0.4, -0.2) is 34.0 Å². The Labute approximate surface area is 173 Å². The Bertz CT molecular complexity index is 868. The number of furan rings is 1. The number of halogens is 1. The topological polar surface area (TPSA) is 87.1 Å². The Hall–Kier alpha value is -1.59. The van der Waals surface area contributed by atoms with Gasteiger partial charge in [-0.05, 0) is 26.8 Å². The molecule has 3 aromatic rings. The normalized spacial score (nSPS) is 14.1. The van der Waals surface area contributed by atoms with E-state index in [2.05, 4.69) is 20.6 Å². The molecule has 3 N–H and O–H groups in total. The van der Waals surface area contributed by atoms with Gasteiger partial charge in [0.15, 0.2) is 10.9 Å². The molecular formula is C17H24IN5O2S. The van der Waals surface area contributed by atoms with E-state index in [9.17, 15) is 5.11 Å². The minimum absolute atomic E-state index is 0. The third kappa shape index (κ3) is 4.57. The molecule has 0 spiro atoms. The van der Waals surface area contributed by atoms with Gasteiger partial charge in [0.2, 0.25) is 0 Å². The van der Waals surface area contributed by atoms with Gasteiger partial charge in [-0.2, -0.15) is 0 Å². The molecule has 0 aromatic carbocycles. The maximum absolute atomic E-state index is 10.8.